The number of hydrogen-bond donors (Lipinski definition) is 1. The monoisotopic (exact) mass is 462 g/mol. The summed E-state index contributed by atoms with van der Waals surface area (Å²) in [7, 11) is -8.55. The number of hydrogen-bond acceptors (Lipinski definition) is 6. The summed E-state index contributed by atoms with van der Waals surface area (Å²) in [4.78, 5) is -1.59. The summed E-state index contributed by atoms with van der Waals surface area (Å²) < 4.78 is 62.0. The molecule has 0 radical (unpaired) electrons. The van der Waals surface area contributed by atoms with E-state index in [0.717, 1.165) is 24.2 Å². The van der Waals surface area contributed by atoms with Gasteiger partial charge in [0.05, 0.1) is 19.8 Å². The van der Waals surface area contributed by atoms with Gasteiger partial charge in [-0.25, -0.2) is 0 Å². The van der Waals surface area contributed by atoms with Crippen LogP contribution in [0.15, 0.2) is 35.9 Å². The maximum Gasteiger partial charge on any atom is 0.351 e. The first kappa shape index (κ1) is 26.9. The first-order valence-corrected chi connectivity index (χ1v) is 13.4. The summed E-state index contributed by atoms with van der Waals surface area (Å²) >= 11 is 0. The zero-order valence-electron chi connectivity index (χ0n) is 18.4. The fourth-order valence-electron chi connectivity index (χ4n) is 2.93. The first-order chi connectivity index (χ1) is 14.1. The van der Waals surface area contributed by atoms with Crippen LogP contribution in [0.3, 0.4) is 0 Å². The molecular formula is C21H35O7PS. The van der Waals surface area contributed by atoms with Gasteiger partial charge in [-0.2, -0.15) is 8.42 Å². The van der Waals surface area contributed by atoms with E-state index in [1.807, 2.05) is 24.3 Å². The number of allylic oxidation sites excluding steroid dienone is 2. The molecule has 0 aliphatic rings. The molecule has 172 valence electrons. The van der Waals surface area contributed by atoms with Crippen molar-refractivity contribution in [3.63, 3.8) is 0 Å². The van der Waals surface area contributed by atoms with Crippen molar-refractivity contribution in [3.05, 3.63) is 41.5 Å². The van der Waals surface area contributed by atoms with Crippen LogP contribution in [0.2, 0.25) is 0 Å². The third kappa shape index (κ3) is 9.75. The van der Waals surface area contributed by atoms with Crippen LogP contribution in [0, 0.1) is 0 Å². The van der Waals surface area contributed by atoms with Gasteiger partial charge in [-0.1, -0.05) is 23.8 Å². The molecule has 0 aromatic heterocycles. The molecule has 0 aliphatic carbocycles. The molecule has 9 heteroatoms. The van der Waals surface area contributed by atoms with E-state index in [1.165, 1.54) is 5.57 Å². The number of rotatable bonds is 15. The Labute approximate surface area is 181 Å². The van der Waals surface area contributed by atoms with Crippen LogP contribution >= 0.6 is 7.60 Å². The van der Waals surface area contributed by atoms with Crippen LogP contribution in [0.1, 0.15) is 58.9 Å². The quantitative estimate of drug-likeness (QED) is 0.156. The zero-order chi connectivity index (χ0) is 22.6. The molecule has 0 fully saturated rings. The first-order valence-electron chi connectivity index (χ1n) is 10.3. The van der Waals surface area contributed by atoms with Gasteiger partial charge < -0.3 is 13.8 Å². The second-order valence-electron chi connectivity index (χ2n) is 7.15. The molecule has 0 amide bonds. The van der Waals surface area contributed by atoms with E-state index < -0.39 is 22.7 Å². The fraction of sp³-hybridized carbons (Fsp3) is 0.619. The van der Waals surface area contributed by atoms with Crippen molar-refractivity contribution in [1.29, 1.82) is 0 Å². The molecule has 7 nitrogen and oxygen atoms in total. The predicted octanol–water partition coefficient (Wildman–Crippen LogP) is 5.61. The summed E-state index contributed by atoms with van der Waals surface area (Å²) in [6, 6.07) is 7.58. The van der Waals surface area contributed by atoms with E-state index in [1.54, 1.807) is 13.8 Å². The molecule has 1 aromatic carbocycles. The van der Waals surface area contributed by atoms with Gasteiger partial charge in [0.25, 0.3) is 10.1 Å². The average molecular weight is 463 g/mol. The lowest BCUT2D eigenvalue weighted by Crippen LogP contribution is -2.23. The van der Waals surface area contributed by atoms with E-state index in [4.69, 9.17) is 13.8 Å². The highest BCUT2D eigenvalue weighted by Crippen LogP contribution is 2.56. The highest BCUT2D eigenvalue weighted by atomic mass is 32.2. The van der Waals surface area contributed by atoms with E-state index in [9.17, 15) is 17.5 Å². The Kier molecular flexibility index (Phi) is 11.9. The van der Waals surface area contributed by atoms with E-state index >= 15 is 0 Å². The van der Waals surface area contributed by atoms with Crippen molar-refractivity contribution in [2.75, 3.05) is 19.8 Å². The van der Waals surface area contributed by atoms with Gasteiger partial charge in [-0.15, -0.1) is 0 Å². The Morgan fingerprint density at radius 1 is 1.10 bits per heavy atom. The lowest BCUT2D eigenvalue weighted by Gasteiger charge is -2.24. The second kappa shape index (κ2) is 13.3. The highest BCUT2D eigenvalue weighted by molar-refractivity contribution is 7.94. The molecular weight excluding hydrogens is 427 g/mol. The third-order valence-electron chi connectivity index (χ3n) is 4.32. The largest absolute Gasteiger partial charge is 0.494 e. The fourth-order valence-corrected chi connectivity index (χ4v) is 6.69. The minimum atomic E-state index is -4.59. The van der Waals surface area contributed by atoms with Gasteiger partial charge >= 0.3 is 7.60 Å². The summed E-state index contributed by atoms with van der Waals surface area (Å²) in [5.74, 6) is 0.781. The highest BCUT2D eigenvalue weighted by Gasteiger charge is 2.43. The minimum absolute atomic E-state index is 0.0269. The average Bonchev–Trinajstić information content (AvgIpc) is 2.65. The Morgan fingerprint density at radius 3 is 2.20 bits per heavy atom. The van der Waals surface area contributed by atoms with Gasteiger partial charge in [0.1, 0.15) is 5.75 Å². The molecule has 1 aromatic rings. The lowest BCUT2D eigenvalue weighted by molar-refractivity contribution is 0.215. The second-order valence-corrected chi connectivity index (χ2v) is 11.3. The van der Waals surface area contributed by atoms with Gasteiger partial charge in [-0.3, -0.25) is 9.12 Å². The summed E-state index contributed by atoms with van der Waals surface area (Å²) in [5, 5.41) is 0. The summed E-state index contributed by atoms with van der Waals surface area (Å²) in [6.07, 6.45) is 5.05. The topological polar surface area (TPSA) is 99.1 Å². The molecule has 0 saturated heterocycles. The Morgan fingerprint density at radius 2 is 1.70 bits per heavy atom. The molecule has 1 rings (SSSR count). The van der Waals surface area contributed by atoms with Crippen LogP contribution in [0.25, 0.3) is 0 Å². The molecule has 1 unspecified atom stereocenters. The lowest BCUT2D eigenvalue weighted by atomic mass is 10.1. The SMILES string of the molecule is CCOP(=O)(OCC)C(CCCc1ccc(OCCCC=C(C)C)cc1)S(=O)(=O)O. The van der Waals surface area contributed by atoms with Crippen molar-refractivity contribution < 1.29 is 31.3 Å². The molecule has 1 N–H and O–H groups in total. The van der Waals surface area contributed by atoms with Crippen LogP contribution in [-0.4, -0.2) is 37.8 Å². The smallest absolute Gasteiger partial charge is 0.351 e. The maximum absolute atomic E-state index is 12.8. The van der Waals surface area contributed by atoms with Crippen LogP contribution in [0.5, 0.6) is 5.75 Å². The minimum Gasteiger partial charge on any atom is -0.494 e. The van der Waals surface area contributed by atoms with Gasteiger partial charge in [0, 0.05) is 0 Å². The normalized spacial score (nSPS) is 13.1. The van der Waals surface area contributed by atoms with Crippen molar-refractivity contribution in [1.82, 2.24) is 0 Å². The van der Waals surface area contributed by atoms with Gasteiger partial charge in [0.2, 0.25) is 0 Å². The van der Waals surface area contributed by atoms with Crippen molar-refractivity contribution >= 4 is 17.7 Å². The van der Waals surface area contributed by atoms with E-state index in [2.05, 4.69) is 19.9 Å². The Bertz CT molecular complexity index is 789. The summed E-state index contributed by atoms with van der Waals surface area (Å²) in [5.41, 5.74) is 2.29. The molecule has 0 spiro atoms. The Hall–Kier alpha value is -1.18. The van der Waals surface area contributed by atoms with E-state index in [0.29, 0.717) is 19.4 Å². The van der Waals surface area contributed by atoms with Crippen LogP contribution in [-0.2, 0) is 30.2 Å². The molecule has 0 bridgehead atoms. The van der Waals surface area contributed by atoms with Gasteiger partial charge in [0.15, 0.2) is 4.99 Å². The van der Waals surface area contributed by atoms with Gasteiger partial charge in [-0.05, 0) is 77.5 Å². The van der Waals surface area contributed by atoms with Crippen LogP contribution < -0.4 is 4.74 Å². The number of benzene rings is 1. The summed E-state index contributed by atoms with van der Waals surface area (Å²) in [6.45, 7) is 8.03. The van der Waals surface area contributed by atoms with Crippen molar-refractivity contribution in [2.45, 2.75) is 64.8 Å². The Balaban J connectivity index is 2.61. The predicted molar refractivity (Wildman–Crippen MR) is 120 cm³/mol. The molecule has 0 saturated carbocycles. The zero-order valence-corrected chi connectivity index (χ0v) is 20.1. The molecule has 0 aliphatic heterocycles. The number of ether oxygens (including phenoxy) is 1. The number of unbranched alkanes of at least 4 members (excludes halogenated alkanes) is 1. The van der Waals surface area contributed by atoms with Crippen LogP contribution in [0.4, 0.5) is 0 Å². The standard InChI is InChI=1S/C21H35O7PS/c1-5-27-29(22,28-6-2)21(30(23,24)25)12-9-11-19-13-15-20(16-14-19)26-17-8-7-10-18(3)4/h10,13-16,21H,5-9,11-12,17H2,1-4H3,(H,23,24,25). The molecule has 30 heavy (non-hydrogen) atoms. The van der Waals surface area contributed by atoms with Crippen molar-refractivity contribution in [2.24, 2.45) is 0 Å². The molecule has 1 atom stereocenters. The van der Waals surface area contributed by atoms with Crippen molar-refractivity contribution in [3.8, 4) is 5.75 Å². The maximum atomic E-state index is 12.8. The third-order valence-corrected chi connectivity index (χ3v) is 9.02. The molecule has 0 heterocycles. The number of aryl methyl sites for hydroxylation is 1. The van der Waals surface area contributed by atoms with E-state index in [-0.39, 0.29) is 19.6 Å².